The maximum absolute atomic E-state index is 13.7. The van der Waals surface area contributed by atoms with Gasteiger partial charge < -0.3 is 4.74 Å². The van der Waals surface area contributed by atoms with Gasteiger partial charge in [-0.15, -0.1) is 0 Å². The molecule has 0 fully saturated rings. The van der Waals surface area contributed by atoms with Gasteiger partial charge in [0.2, 0.25) is 0 Å². The monoisotopic (exact) mass is 356 g/mol. The Labute approximate surface area is 129 Å². The molecule has 0 radical (unpaired) electrons. The number of hydrogen-bond donors (Lipinski definition) is 0. The molecule has 5 heteroatoms. The summed E-state index contributed by atoms with van der Waals surface area (Å²) < 4.78 is 20.0. The van der Waals surface area contributed by atoms with Crippen molar-refractivity contribution >= 4 is 33.3 Å². The number of benzene rings is 2. The van der Waals surface area contributed by atoms with Gasteiger partial charge in [-0.1, -0.05) is 33.6 Å². The van der Waals surface area contributed by atoms with Gasteiger partial charge in [0.1, 0.15) is 18.2 Å². The fraction of sp³-hybridized carbons (Fsp3) is 0.133. The van der Waals surface area contributed by atoms with Crippen LogP contribution < -0.4 is 4.74 Å². The SMILES string of the molecule is CC(=O)c1ccc(Br)cc1OCc1c(F)cccc1Cl. The van der Waals surface area contributed by atoms with E-state index in [-0.39, 0.29) is 18.0 Å². The zero-order valence-corrected chi connectivity index (χ0v) is 13.0. The van der Waals surface area contributed by atoms with E-state index in [1.165, 1.54) is 19.1 Å². The molecular formula is C15H11BrClFO2. The van der Waals surface area contributed by atoms with Gasteiger partial charge >= 0.3 is 0 Å². The van der Waals surface area contributed by atoms with Crippen LogP contribution in [0.5, 0.6) is 5.75 Å². The van der Waals surface area contributed by atoms with Crippen molar-refractivity contribution in [1.82, 2.24) is 0 Å². The maximum Gasteiger partial charge on any atom is 0.163 e. The second-order valence-electron chi connectivity index (χ2n) is 4.19. The molecule has 0 amide bonds. The number of carbonyl (C=O) groups is 1. The van der Waals surface area contributed by atoms with Crippen molar-refractivity contribution in [2.24, 2.45) is 0 Å². The highest BCUT2D eigenvalue weighted by Gasteiger charge is 2.12. The second kappa shape index (κ2) is 6.37. The van der Waals surface area contributed by atoms with Gasteiger partial charge in [-0.25, -0.2) is 4.39 Å². The van der Waals surface area contributed by atoms with Gasteiger partial charge in [0.15, 0.2) is 5.78 Å². The van der Waals surface area contributed by atoms with Crippen LogP contribution in [0.2, 0.25) is 5.02 Å². The van der Waals surface area contributed by atoms with E-state index in [2.05, 4.69) is 15.9 Å². The van der Waals surface area contributed by atoms with E-state index in [1.807, 2.05) is 0 Å². The molecule has 0 aliphatic carbocycles. The van der Waals surface area contributed by atoms with Crippen LogP contribution >= 0.6 is 27.5 Å². The van der Waals surface area contributed by atoms with E-state index >= 15 is 0 Å². The molecule has 0 heterocycles. The van der Waals surface area contributed by atoms with Crippen molar-refractivity contribution in [3.05, 3.63) is 62.8 Å². The van der Waals surface area contributed by atoms with Crippen molar-refractivity contribution in [3.8, 4) is 5.75 Å². The molecule has 0 bridgehead atoms. The summed E-state index contributed by atoms with van der Waals surface area (Å²) in [6.45, 7) is 1.41. The lowest BCUT2D eigenvalue weighted by Crippen LogP contribution is -2.03. The Morgan fingerprint density at radius 3 is 2.75 bits per heavy atom. The quantitative estimate of drug-likeness (QED) is 0.718. The predicted molar refractivity (Wildman–Crippen MR) is 79.9 cm³/mol. The molecule has 0 aliphatic heterocycles. The first-order valence-electron chi connectivity index (χ1n) is 5.85. The Morgan fingerprint density at radius 2 is 2.10 bits per heavy atom. The minimum Gasteiger partial charge on any atom is -0.488 e. The fourth-order valence-corrected chi connectivity index (χ4v) is 2.28. The number of ether oxygens (including phenoxy) is 1. The summed E-state index contributed by atoms with van der Waals surface area (Å²) >= 11 is 9.24. The molecule has 0 unspecified atom stereocenters. The highest BCUT2D eigenvalue weighted by Crippen LogP contribution is 2.27. The third-order valence-corrected chi connectivity index (χ3v) is 3.60. The highest BCUT2D eigenvalue weighted by molar-refractivity contribution is 9.10. The lowest BCUT2D eigenvalue weighted by Gasteiger charge is -2.12. The van der Waals surface area contributed by atoms with Crippen molar-refractivity contribution < 1.29 is 13.9 Å². The molecule has 0 spiro atoms. The Kier molecular flexibility index (Phi) is 4.78. The number of Topliss-reactive ketones (excluding diaryl/α,β-unsaturated/α-hetero) is 1. The van der Waals surface area contributed by atoms with Gasteiger partial charge in [0, 0.05) is 10.0 Å². The van der Waals surface area contributed by atoms with Crippen LogP contribution in [-0.2, 0) is 6.61 Å². The molecule has 0 saturated carbocycles. The van der Waals surface area contributed by atoms with E-state index in [0.717, 1.165) is 4.47 Å². The summed E-state index contributed by atoms with van der Waals surface area (Å²) in [7, 11) is 0. The van der Waals surface area contributed by atoms with Crippen molar-refractivity contribution in [1.29, 1.82) is 0 Å². The first-order chi connectivity index (χ1) is 9.49. The Bertz CT molecular complexity index is 638. The average molecular weight is 358 g/mol. The molecule has 0 aromatic heterocycles. The topological polar surface area (TPSA) is 26.3 Å². The van der Waals surface area contributed by atoms with E-state index < -0.39 is 5.82 Å². The summed E-state index contributed by atoms with van der Waals surface area (Å²) in [5.41, 5.74) is 0.712. The summed E-state index contributed by atoms with van der Waals surface area (Å²) in [6, 6.07) is 9.52. The Hall–Kier alpha value is -1.39. The third kappa shape index (κ3) is 3.38. The van der Waals surface area contributed by atoms with Gasteiger partial charge in [0.25, 0.3) is 0 Å². The Balaban J connectivity index is 2.27. The molecule has 0 aliphatic rings. The van der Waals surface area contributed by atoms with Crippen LogP contribution in [-0.4, -0.2) is 5.78 Å². The standard InChI is InChI=1S/C15H11BrClFO2/c1-9(19)11-6-5-10(16)7-15(11)20-8-12-13(17)3-2-4-14(12)18/h2-7H,8H2,1H3. The zero-order chi connectivity index (χ0) is 14.7. The van der Waals surface area contributed by atoms with Crippen LogP contribution in [0.25, 0.3) is 0 Å². The molecule has 20 heavy (non-hydrogen) atoms. The highest BCUT2D eigenvalue weighted by atomic mass is 79.9. The molecular weight excluding hydrogens is 347 g/mol. The first kappa shape index (κ1) is 15.0. The first-order valence-corrected chi connectivity index (χ1v) is 7.02. The fourth-order valence-electron chi connectivity index (χ4n) is 1.73. The summed E-state index contributed by atoms with van der Waals surface area (Å²) in [6.07, 6.45) is 0. The van der Waals surface area contributed by atoms with Gasteiger partial charge in [-0.3, -0.25) is 4.79 Å². The summed E-state index contributed by atoms with van der Waals surface area (Å²) in [5.74, 6) is -0.157. The van der Waals surface area contributed by atoms with E-state index in [4.69, 9.17) is 16.3 Å². The number of rotatable bonds is 4. The molecule has 2 nitrogen and oxygen atoms in total. The Morgan fingerprint density at radius 1 is 1.35 bits per heavy atom. The minimum absolute atomic E-state index is 0.0394. The molecule has 104 valence electrons. The van der Waals surface area contributed by atoms with Crippen molar-refractivity contribution in [2.45, 2.75) is 13.5 Å². The lowest BCUT2D eigenvalue weighted by atomic mass is 10.1. The zero-order valence-electron chi connectivity index (χ0n) is 10.6. The third-order valence-electron chi connectivity index (χ3n) is 2.76. The molecule has 2 aromatic carbocycles. The maximum atomic E-state index is 13.7. The van der Waals surface area contributed by atoms with Crippen LogP contribution in [0.1, 0.15) is 22.8 Å². The van der Waals surface area contributed by atoms with E-state index in [0.29, 0.717) is 16.3 Å². The largest absolute Gasteiger partial charge is 0.488 e. The normalized spacial score (nSPS) is 10.4. The van der Waals surface area contributed by atoms with Crippen molar-refractivity contribution in [3.63, 3.8) is 0 Å². The molecule has 2 aromatic rings. The number of ketones is 1. The molecule has 2 rings (SSSR count). The smallest absolute Gasteiger partial charge is 0.163 e. The van der Waals surface area contributed by atoms with Crippen molar-refractivity contribution in [2.75, 3.05) is 0 Å². The van der Waals surface area contributed by atoms with E-state index in [9.17, 15) is 9.18 Å². The van der Waals surface area contributed by atoms with Crippen LogP contribution in [0.3, 0.4) is 0 Å². The predicted octanol–water partition coefficient (Wildman–Crippen LogP) is 5.02. The van der Waals surface area contributed by atoms with Crippen LogP contribution in [0, 0.1) is 5.82 Å². The number of carbonyl (C=O) groups excluding carboxylic acids is 1. The lowest BCUT2D eigenvalue weighted by molar-refractivity contribution is 0.101. The molecule has 0 atom stereocenters. The summed E-state index contributed by atoms with van der Waals surface area (Å²) in [5, 5.41) is 0.296. The number of halogens is 3. The van der Waals surface area contributed by atoms with E-state index in [1.54, 1.807) is 24.3 Å². The van der Waals surface area contributed by atoms with Gasteiger partial charge in [0.05, 0.1) is 10.6 Å². The van der Waals surface area contributed by atoms with Crippen LogP contribution in [0.4, 0.5) is 4.39 Å². The molecule has 0 saturated heterocycles. The van der Waals surface area contributed by atoms with Crippen LogP contribution in [0.15, 0.2) is 40.9 Å². The second-order valence-corrected chi connectivity index (χ2v) is 5.51. The number of hydrogen-bond acceptors (Lipinski definition) is 2. The minimum atomic E-state index is -0.433. The molecule has 0 N–H and O–H groups in total. The van der Waals surface area contributed by atoms with Gasteiger partial charge in [-0.2, -0.15) is 0 Å². The average Bonchev–Trinajstić information content (AvgIpc) is 2.37. The summed E-state index contributed by atoms with van der Waals surface area (Å²) in [4.78, 5) is 11.5. The van der Waals surface area contributed by atoms with Gasteiger partial charge in [-0.05, 0) is 37.3 Å².